The molecule has 0 aliphatic rings. The van der Waals surface area contributed by atoms with Crippen molar-refractivity contribution < 1.29 is 23.1 Å². The Morgan fingerprint density at radius 1 is 1.11 bits per heavy atom. The van der Waals surface area contributed by atoms with E-state index >= 15 is 0 Å². The summed E-state index contributed by atoms with van der Waals surface area (Å²) in [6.45, 7) is -1.65. The van der Waals surface area contributed by atoms with Crippen LogP contribution in [0.3, 0.4) is 0 Å². The van der Waals surface area contributed by atoms with Gasteiger partial charge in [-0.3, -0.25) is 9.59 Å². The Kier molecular flexibility index (Phi) is 7.38. The molecule has 144 valence electrons. The summed E-state index contributed by atoms with van der Waals surface area (Å²) in [6.07, 6.45) is -0.0475. The Labute approximate surface area is 164 Å². The summed E-state index contributed by atoms with van der Waals surface area (Å²) in [5, 5.41) is 5.77. The molecule has 2 aromatic rings. The van der Waals surface area contributed by atoms with Crippen LogP contribution >= 0.6 is 23.2 Å². The fourth-order valence-corrected chi connectivity index (χ4v) is 2.71. The van der Waals surface area contributed by atoms with E-state index < -0.39 is 18.6 Å². The summed E-state index contributed by atoms with van der Waals surface area (Å²) in [7, 11) is 0. The average Bonchev–Trinajstić information content (AvgIpc) is 2.56. The van der Waals surface area contributed by atoms with E-state index in [1.54, 1.807) is 24.3 Å². The molecule has 2 rings (SSSR count). The Hall–Kier alpha value is -2.38. The Morgan fingerprint density at radius 3 is 2.33 bits per heavy atom. The summed E-state index contributed by atoms with van der Waals surface area (Å²) >= 11 is 11.7. The monoisotopic (exact) mass is 416 g/mol. The lowest BCUT2D eigenvalue weighted by Gasteiger charge is -2.18. The lowest BCUT2D eigenvalue weighted by Crippen LogP contribution is -2.29. The molecule has 2 aromatic carbocycles. The molecule has 0 saturated heterocycles. The molecule has 5 nitrogen and oxygen atoms in total. The van der Waals surface area contributed by atoms with Crippen LogP contribution in [0.2, 0.25) is 10.0 Å². The van der Waals surface area contributed by atoms with E-state index in [1.807, 2.05) is 0 Å². The largest absolute Gasteiger partial charge is 0.433 e. The molecule has 1 atom stereocenters. The molecule has 2 amide bonds. The van der Waals surface area contributed by atoms with E-state index in [0.29, 0.717) is 16.3 Å². The van der Waals surface area contributed by atoms with E-state index in [4.69, 9.17) is 23.2 Å². The molecule has 0 aliphatic heterocycles. The molecule has 2 N–H and O–H groups in total. The highest BCUT2D eigenvalue weighted by Gasteiger charge is 2.18. The van der Waals surface area contributed by atoms with Crippen molar-refractivity contribution in [1.29, 1.82) is 0 Å². The predicted octanol–water partition coefficient (Wildman–Crippen LogP) is 4.80. The van der Waals surface area contributed by atoms with Gasteiger partial charge in [0, 0.05) is 17.6 Å². The first-order valence-corrected chi connectivity index (χ1v) is 8.57. The van der Waals surface area contributed by atoms with Crippen molar-refractivity contribution in [1.82, 2.24) is 5.32 Å². The van der Waals surface area contributed by atoms with Gasteiger partial charge in [0.1, 0.15) is 5.75 Å². The summed E-state index contributed by atoms with van der Waals surface area (Å²) in [5.41, 5.74) is 1.02. The van der Waals surface area contributed by atoms with Crippen LogP contribution in [0, 0.1) is 0 Å². The molecule has 1 unspecified atom stereocenters. The van der Waals surface area contributed by atoms with E-state index in [9.17, 15) is 18.4 Å². The second-order valence-electron chi connectivity index (χ2n) is 5.58. The van der Waals surface area contributed by atoms with Crippen molar-refractivity contribution in [3.05, 3.63) is 58.1 Å². The Morgan fingerprint density at radius 2 is 1.78 bits per heavy atom. The number of hydrogen-bond donors (Lipinski definition) is 2. The van der Waals surface area contributed by atoms with Crippen molar-refractivity contribution in [3.8, 4) is 5.75 Å². The highest BCUT2D eigenvalue weighted by molar-refractivity contribution is 6.32. The number of hydrogen-bond acceptors (Lipinski definition) is 3. The van der Waals surface area contributed by atoms with Crippen molar-refractivity contribution in [3.63, 3.8) is 0 Å². The van der Waals surface area contributed by atoms with Gasteiger partial charge < -0.3 is 15.4 Å². The highest BCUT2D eigenvalue weighted by atomic mass is 35.5. The van der Waals surface area contributed by atoms with Gasteiger partial charge in [0.25, 0.3) is 0 Å². The van der Waals surface area contributed by atoms with Crippen LogP contribution in [-0.2, 0) is 9.59 Å². The van der Waals surface area contributed by atoms with Crippen LogP contribution in [0.4, 0.5) is 14.5 Å². The first-order valence-electron chi connectivity index (χ1n) is 7.81. The first-order chi connectivity index (χ1) is 12.7. The van der Waals surface area contributed by atoms with Gasteiger partial charge in [0.2, 0.25) is 11.8 Å². The lowest BCUT2D eigenvalue weighted by molar-refractivity contribution is -0.120. The topological polar surface area (TPSA) is 67.4 Å². The molecule has 0 saturated carbocycles. The lowest BCUT2D eigenvalue weighted by atomic mass is 10.0. The first kappa shape index (κ1) is 20.9. The summed E-state index contributed by atoms with van der Waals surface area (Å²) in [6, 6.07) is 10.1. The van der Waals surface area contributed by atoms with Gasteiger partial charge in [0.15, 0.2) is 0 Å². The molecule has 0 spiro atoms. The van der Waals surface area contributed by atoms with Crippen LogP contribution < -0.4 is 15.4 Å². The number of anilines is 1. The number of carbonyl (C=O) groups is 2. The minimum absolute atomic E-state index is 0.0475. The quantitative estimate of drug-likeness (QED) is 0.680. The van der Waals surface area contributed by atoms with Crippen molar-refractivity contribution in [2.24, 2.45) is 0 Å². The summed E-state index contributed by atoms with van der Waals surface area (Å²) < 4.78 is 28.7. The van der Waals surface area contributed by atoms with Crippen LogP contribution in [0.1, 0.15) is 24.9 Å². The number of rotatable bonds is 7. The molecule has 27 heavy (non-hydrogen) atoms. The fourth-order valence-electron chi connectivity index (χ4n) is 2.36. The molecular weight excluding hydrogens is 401 g/mol. The molecule has 0 bridgehead atoms. The molecule has 9 heteroatoms. The van der Waals surface area contributed by atoms with Gasteiger partial charge in [-0.2, -0.15) is 8.78 Å². The third kappa shape index (κ3) is 6.69. The molecule has 0 aromatic heterocycles. The minimum atomic E-state index is -3.00. The summed E-state index contributed by atoms with van der Waals surface area (Å²) in [5.74, 6) is -0.886. The summed E-state index contributed by atoms with van der Waals surface area (Å²) in [4.78, 5) is 23.8. The van der Waals surface area contributed by atoms with Crippen LogP contribution in [0.25, 0.3) is 0 Å². The van der Waals surface area contributed by atoms with Crippen LogP contribution in [0.15, 0.2) is 42.5 Å². The zero-order chi connectivity index (χ0) is 20.0. The minimum Gasteiger partial charge on any atom is -0.433 e. The van der Waals surface area contributed by atoms with Crippen molar-refractivity contribution in [2.75, 3.05) is 5.32 Å². The maximum Gasteiger partial charge on any atom is 0.387 e. The molecule has 0 heterocycles. The van der Waals surface area contributed by atoms with Gasteiger partial charge in [-0.25, -0.2) is 0 Å². The van der Waals surface area contributed by atoms with Gasteiger partial charge in [-0.05, 0) is 35.9 Å². The van der Waals surface area contributed by atoms with E-state index in [2.05, 4.69) is 15.4 Å². The molecular formula is C18H16Cl2F2N2O3. The number of ether oxygens (including phenoxy) is 1. The second-order valence-corrected chi connectivity index (χ2v) is 6.42. The van der Waals surface area contributed by atoms with Crippen molar-refractivity contribution in [2.45, 2.75) is 26.0 Å². The molecule has 0 aliphatic carbocycles. The smallest absolute Gasteiger partial charge is 0.387 e. The normalized spacial score (nSPS) is 11.8. The molecule has 0 fully saturated rings. The van der Waals surface area contributed by atoms with Gasteiger partial charge in [-0.1, -0.05) is 35.3 Å². The maximum absolute atomic E-state index is 12.3. The predicted molar refractivity (Wildman–Crippen MR) is 99.3 cm³/mol. The number of benzene rings is 2. The van der Waals surface area contributed by atoms with Gasteiger partial charge >= 0.3 is 6.61 Å². The standard InChI is InChI=1S/C18H16Cl2F2N2O3/c1-10(25)23-15(11-2-4-12(19)5-3-11)9-17(26)24-13-6-7-16(14(20)8-13)27-18(21)22/h2-8,15,18H,9H2,1H3,(H,23,25)(H,24,26). The van der Waals surface area contributed by atoms with E-state index in [-0.39, 0.29) is 23.1 Å². The zero-order valence-electron chi connectivity index (χ0n) is 14.1. The maximum atomic E-state index is 12.3. The van der Waals surface area contributed by atoms with Crippen LogP contribution in [-0.4, -0.2) is 18.4 Å². The van der Waals surface area contributed by atoms with Crippen molar-refractivity contribution >= 4 is 40.7 Å². The molecule has 0 radical (unpaired) electrons. The number of amides is 2. The number of carbonyl (C=O) groups excluding carboxylic acids is 2. The Balaban J connectivity index is 2.08. The van der Waals surface area contributed by atoms with E-state index in [0.717, 1.165) is 0 Å². The SMILES string of the molecule is CC(=O)NC(CC(=O)Nc1ccc(OC(F)F)c(Cl)c1)c1ccc(Cl)cc1. The van der Waals surface area contributed by atoms with E-state index in [1.165, 1.54) is 25.1 Å². The zero-order valence-corrected chi connectivity index (χ0v) is 15.7. The third-order valence-corrected chi connectivity index (χ3v) is 4.02. The number of nitrogens with one attached hydrogen (secondary N) is 2. The highest BCUT2D eigenvalue weighted by Crippen LogP contribution is 2.29. The fraction of sp³-hybridized carbons (Fsp3) is 0.222. The second kappa shape index (κ2) is 9.53. The number of halogens is 4. The number of alkyl halides is 2. The van der Waals surface area contributed by atoms with Crippen LogP contribution in [0.5, 0.6) is 5.75 Å². The average molecular weight is 417 g/mol. The van der Waals surface area contributed by atoms with Gasteiger partial charge in [-0.15, -0.1) is 0 Å². The Bertz CT molecular complexity index is 817. The third-order valence-electron chi connectivity index (χ3n) is 3.47. The van der Waals surface area contributed by atoms with Gasteiger partial charge in [0.05, 0.1) is 17.5 Å².